The summed E-state index contributed by atoms with van der Waals surface area (Å²) in [5.41, 5.74) is 5.92. The molecule has 1 aliphatic carbocycles. The lowest BCUT2D eigenvalue weighted by Gasteiger charge is -2.11. The fourth-order valence-electron chi connectivity index (χ4n) is 1.49. The first-order valence-electron chi connectivity index (χ1n) is 5.47. The van der Waals surface area contributed by atoms with Crippen molar-refractivity contribution in [1.82, 2.24) is 0 Å². The molecular weight excluding hydrogens is 290 g/mol. The molecule has 1 aliphatic rings. The Hall–Kier alpha value is -1.31. The second kappa shape index (κ2) is 5.36. The summed E-state index contributed by atoms with van der Waals surface area (Å²) in [6, 6.07) is 6.48. The molecule has 1 amide bonds. The van der Waals surface area contributed by atoms with Crippen molar-refractivity contribution in [3.05, 3.63) is 24.3 Å². The molecule has 0 aliphatic heterocycles. The summed E-state index contributed by atoms with van der Waals surface area (Å²) < 4.78 is 24.5. The van der Waals surface area contributed by atoms with Gasteiger partial charge in [-0.05, 0) is 31.0 Å². The van der Waals surface area contributed by atoms with Crippen molar-refractivity contribution >= 4 is 39.7 Å². The van der Waals surface area contributed by atoms with Crippen LogP contribution in [-0.2, 0) is 14.8 Å². The minimum absolute atomic E-state index is 0. The third-order valence-electron chi connectivity index (χ3n) is 2.66. The Kier molecular flexibility index (Phi) is 4.44. The third-order valence-corrected chi connectivity index (χ3v) is 3.27. The molecule has 0 saturated heterocycles. The molecule has 1 saturated carbocycles. The molecule has 1 fully saturated rings. The number of halogens is 1. The molecule has 1 aromatic rings. The highest BCUT2D eigenvalue weighted by molar-refractivity contribution is 7.92. The molecule has 106 valence electrons. The average molecular weight is 306 g/mol. The monoisotopic (exact) mass is 305 g/mol. The first-order chi connectivity index (χ1) is 8.28. The van der Waals surface area contributed by atoms with Crippen LogP contribution in [0.5, 0.6) is 0 Å². The SMILES string of the molecule is CS(=O)(=O)Nc1cccc(NC(=O)C2(N)CC2)c1.Cl. The molecule has 1 aromatic carbocycles. The number of hydrogen-bond acceptors (Lipinski definition) is 4. The van der Waals surface area contributed by atoms with Crippen molar-refractivity contribution < 1.29 is 13.2 Å². The van der Waals surface area contributed by atoms with Gasteiger partial charge in [0, 0.05) is 5.69 Å². The maximum atomic E-state index is 11.7. The van der Waals surface area contributed by atoms with E-state index < -0.39 is 15.6 Å². The smallest absolute Gasteiger partial charge is 0.244 e. The van der Waals surface area contributed by atoms with Gasteiger partial charge in [-0.3, -0.25) is 9.52 Å². The van der Waals surface area contributed by atoms with E-state index in [1.54, 1.807) is 24.3 Å². The van der Waals surface area contributed by atoms with Crippen LogP contribution in [0.25, 0.3) is 0 Å². The number of rotatable bonds is 4. The first kappa shape index (κ1) is 15.7. The molecule has 0 bridgehead atoms. The molecule has 0 radical (unpaired) electrons. The van der Waals surface area contributed by atoms with E-state index in [1.807, 2.05) is 0 Å². The molecule has 0 heterocycles. The molecular formula is C11H16ClN3O3S. The van der Waals surface area contributed by atoms with Gasteiger partial charge in [0.25, 0.3) is 0 Å². The van der Waals surface area contributed by atoms with Gasteiger partial charge in [-0.15, -0.1) is 12.4 Å². The van der Waals surface area contributed by atoms with Gasteiger partial charge < -0.3 is 11.1 Å². The van der Waals surface area contributed by atoms with Crippen molar-refractivity contribution in [2.45, 2.75) is 18.4 Å². The van der Waals surface area contributed by atoms with Crippen molar-refractivity contribution in [1.29, 1.82) is 0 Å². The van der Waals surface area contributed by atoms with Crippen LogP contribution < -0.4 is 15.8 Å². The quantitative estimate of drug-likeness (QED) is 0.769. The van der Waals surface area contributed by atoms with Gasteiger partial charge in [-0.2, -0.15) is 0 Å². The van der Waals surface area contributed by atoms with E-state index in [9.17, 15) is 13.2 Å². The van der Waals surface area contributed by atoms with Gasteiger partial charge in [0.15, 0.2) is 0 Å². The highest BCUT2D eigenvalue weighted by atomic mass is 35.5. The van der Waals surface area contributed by atoms with Gasteiger partial charge >= 0.3 is 0 Å². The third kappa shape index (κ3) is 4.38. The topological polar surface area (TPSA) is 101 Å². The predicted octanol–water partition coefficient (Wildman–Crippen LogP) is 0.910. The summed E-state index contributed by atoms with van der Waals surface area (Å²) in [5.74, 6) is -0.237. The summed E-state index contributed by atoms with van der Waals surface area (Å²) in [6.45, 7) is 0. The average Bonchev–Trinajstić information content (AvgIpc) is 2.95. The lowest BCUT2D eigenvalue weighted by atomic mass is 10.2. The summed E-state index contributed by atoms with van der Waals surface area (Å²) in [6.07, 6.45) is 2.43. The second-order valence-electron chi connectivity index (χ2n) is 4.57. The lowest BCUT2D eigenvalue weighted by Crippen LogP contribution is -2.37. The van der Waals surface area contributed by atoms with E-state index in [0.29, 0.717) is 24.2 Å². The number of hydrogen-bond donors (Lipinski definition) is 3. The van der Waals surface area contributed by atoms with Crippen LogP contribution >= 0.6 is 12.4 Å². The van der Waals surface area contributed by atoms with E-state index in [1.165, 1.54) is 0 Å². The van der Waals surface area contributed by atoms with Crippen molar-refractivity contribution in [2.75, 3.05) is 16.3 Å². The van der Waals surface area contributed by atoms with Gasteiger partial charge in [0.2, 0.25) is 15.9 Å². The maximum absolute atomic E-state index is 11.7. The largest absolute Gasteiger partial charge is 0.324 e. The zero-order valence-electron chi connectivity index (χ0n) is 10.3. The van der Waals surface area contributed by atoms with E-state index in [4.69, 9.17) is 5.73 Å². The summed E-state index contributed by atoms with van der Waals surface area (Å²) in [5, 5.41) is 2.67. The molecule has 0 aromatic heterocycles. The second-order valence-corrected chi connectivity index (χ2v) is 6.31. The van der Waals surface area contributed by atoms with E-state index in [2.05, 4.69) is 10.0 Å². The Labute approximate surface area is 118 Å². The molecule has 0 unspecified atom stereocenters. The first-order valence-corrected chi connectivity index (χ1v) is 7.36. The summed E-state index contributed by atoms with van der Waals surface area (Å²) in [7, 11) is -3.33. The van der Waals surface area contributed by atoms with Crippen LogP contribution in [-0.4, -0.2) is 26.1 Å². The maximum Gasteiger partial charge on any atom is 0.244 e. The van der Waals surface area contributed by atoms with Crippen molar-refractivity contribution in [3.63, 3.8) is 0 Å². The molecule has 2 rings (SSSR count). The highest BCUT2D eigenvalue weighted by Crippen LogP contribution is 2.33. The Morgan fingerprint density at radius 1 is 1.32 bits per heavy atom. The molecule has 8 heteroatoms. The van der Waals surface area contributed by atoms with Crippen LogP contribution in [0.3, 0.4) is 0 Å². The van der Waals surface area contributed by atoms with E-state index in [-0.39, 0.29) is 18.3 Å². The number of nitrogens with one attached hydrogen (secondary N) is 2. The van der Waals surface area contributed by atoms with Gasteiger partial charge in [0.1, 0.15) is 0 Å². The zero-order chi connectivity index (χ0) is 13.4. The number of carbonyl (C=O) groups excluding carboxylic acids is 1. The van der Waals surface area contributed by atoms with Crippen LogP contribution in [0.15, 0.2) is 24.3 Å². The van der Waals surface area contributed by atoms with E-state index in [0.717, 1.165) is 6.26 Å². The lowest BCUT2D eigenvalue weighted by molar-refractivity contribution is -0.118. The predicted molar refractivity (Wildman–Crippen MR) is 76.9 cm³/mol. The number of amides is 1. The number of carbonyl (C=O) groups is 1. The standard InChI is InChI=1S/C11H15N3O3S.ClH/c1-18(16,17)14-9-4-2-3-8(7-9)13-10(15)11(12)5-6-11;/h2-4,7,14H,5-6,12H2,1H3,(H,13,15);1H. The van der Waals surface area contributed by atoms with Crippen molar-refractivity contribution in [2.24, 2.45) is 5.73 Å². The number of sulfonamides is 1. The van der Waals surface area contributed by atoms with Gasteiger partial charge in [-0.1, -0.05) is 6.07 Å². The van der Waals surface area contributed by atoms with Crippen LogP contribution in [0.1, 0.15) is 12.8 Å². The van der Waals surface area contributed by atoms with Crippen molar-refractivity contribution in [3.8, 4) is 0 Å². The Bertz CT molecular complexity index is 585. The Morgan fingerprint density at radius 3 is 2.42 bits per heavy atom. The van der Waals surface area contributed by atoms with E-state index >= 15 is 0 Å². The highest BCUT2D eigenvalue weighted by Gasteiger charge is 2.45. The number of anilines is 2. The molecule has 4 N–H and O–H groups in total. The van der Waals surface area contributed by atoms with Crippen LogP contribution in [0.4, 0.5) is 11.4 Å². The Balaban J connectivity index is 0.00000180. The van der Waals surface area contributed by atoms with Gasteiger partial charge in [0.05, 0.1) is 17.5 Å². The number of nitrogens with two attached hydrogens (primary N) is 1. The Morgan fingerprint density at radius 2 is 1.89 bits per heavy atom. The summed E-state index contributed by atoms with van der Waals surface area (Å²) >= 11 is 0. The number of benzene rings is 1. The minimum atomic E-state index is -3.33. The molecule has 0 atom stereocenters. The van der Waals surface area contributed by atoms with Crippen LogP contribution in [0, 0.1) is 0 Å². The normalized spacial score (nSPS) is 16.1. The fraction of sp³-hybridized carbons (Fsp3) is 0.364. The van der Waals surface area contributed by atoms with Gasteiger partial charge in [-0.25, -0.2) is 8.42 Å². The molecule has 6 nitrogen and oxygen atoms in total. The summed E-state index contributed by atoms with van der Waals surface area (Å²) in [4.78, 5) is 11.7. The molecule has 19 heavy (non-hydrogen) atoms. The van der Waals surface area contributed by atoms with Crippen LogP contribution in [0.2, 0.25) is 0 Å². The minimum Gasteiger partial charge on any atom is -0.324 e. The zero-order valence-corrected chi connectivity index (χ0v) is 12.0. The fourth-order valence-corrected chi connectivity index (χ4v) is 2.05. The molecule has 0 spiro atoms.